The van der Waals surface area contributed by atoms with Gasteiger partial charge in [0.05, 0.1) is 25.5 Å². The highest BCUT2D eigenvalue weighted by Crippen LogP contribution is 2.15. The molecular weight excluding hydrogens is 258 g/mol. The van der Waals surface area contributed by atoms with Crippen molar-refractivity contribution in [2.75, 3.05) is 17.7 Å². The Hall–Kier alpha value is -2.76. The molecule has 0 aliphatic rings. The Morgan fingerprint density at radius 3 is 2.50 bits per heavy atom. The number of aromatic nitrogens is 1. The fourth-order valence-electron chi connectivity index (χ4n) is 1.55. The van der Waals surface area contributed by atoms with Gasteiger partial charge in [0, 0.05) is 11.4 Å². The minimum atomic E-state index is -0.501. The summed E-state index contributed by atoms with van der Waals surface area (Å²) in [7, 11) is 1.32. The van der Waals surface area contributed by atoms with Crippen molar-refractivity contribution in [2.24, 2.45) is 0 Å². The molecule has 0 radical (unpaired) electrons. The first kappa shape index (κ1) is 13.7. The first-order chi connectivity index (χ1) is 9.67. The maximum atomic E-state index is 11.0. The molecule has 104 valence electrons. The molecule has 6 nitrogen and oxygen atoms in total. The summed E-state index contributed by atoms with van der Waals surface area (Å²) < 4.78 is 4.50. The van der Waals surface area contributed by atoms with Gasteiger partial charge in [0.1, 0.15) is 5.75 Å². The third-order valence-electron chi connectivity index (χ3n) is 2.60. The molecule has 2 aromatic rings. The zero-order valence-electron chi connectivity index (χ0n) is 11.0. The number of pyridine rings is 1. The van der Waals surface area contributed by atoms with E-state index in [1.165, 1.54) is 13.3 Å². The summed E-state index contributed by atoms with van der Waals surface area (Å²) in [4.78, 5) is 15.1. The van der Waals surface area contributed by atoms with Gasteiger partial charge in [-0.25, -0.2) is 4.79 Å². The topological polar surface area (TPSA) is 83.5 Å². The van der Waals surface area contributed by atoms with Crippen molar-refractivity contribution in [3.8, 4) is 5.75 Å². The molecule has 0 saturated carbocycles. The van der Waals surface area contributed by atoms with E-state index in [1.54, 1.807) is 24.3 Å². The van der Waals surface area contributed by atoms with Gasteiger partial charge in [0.25, 0.3) is 0 Å². The van der Waals surface area contributed by atoms with Gasteiger partial charge < -0.3 is 15.2 Å². The average molecular weight is 273 g/mol. The Labute approximate surface area is 116 Å². The van der Waals surface area contributed by atoms with Gasteiger partial charge in [-0.3, -0.25) is 10.3 Å². The molecule has 2 rings (SSSR count). The lowest BCUT2D eigenvalue weighted by atomic mass is 10.2. The van der Waals surface area contributed by atoms with Gasteiger partial charge in [-0.15, -0.1) is 0 Å². The van der Waals surface area contributed by atoms with E-state index < -0.39 is 6.09 Å². The van der Waals surface area contributed by atoms with E-state index in [0.717, 1.165) is 11.4 Å². The van der Waals surface area contributed by atoms with Gasteiger partial charge >= 0.3 is 6.09 Å². The smallest absolute Gasteiger partial charge is 0.411 e. The maximum absolute atomic E-state index is 11.0. The summed E-state index contributed by atoms with van der Waals surface area (Å²) in [6.07, 6.45) is 0.902. The Bertz CT molecular complexity index is 567. The normalized spacial score (nSPS) is 9.85. The van der Waals surface area contributed by atoms with E-state index in [-0.39, 0.29) is 5.75 Å². The summed E-state index contributed by atoms with van der Waals surface area (Å²) in [5.41, 5.74) is 2.38. The van der Waals surface area contributed by atoms with E-state index in [4.69, 9.17) is 5.11 Å². The molecule has 0 aliphatic heterocycles. The quantitative estimate of drug-likeness (QED) is 0.797. The van der Waals surface area contributed by atoms with Crippen molar-refractivity contribution in [1.29, 1.82) is 0 Å². The molecule has 0 bridgehead atoms. The van der Waals surface area contributed by atoms with Crippen LogP contribution >= 0.6 is 0 Å². The molecule has 1 amide bonds. The van der Waals surface area contributed by atoms with Gasteiger partial charge in [0.2, 0.25) is 0 Å². The highest BCUT2D eigenvalue weighted by atomic mass is 16.5. The number of hydrogen-bond donors (Lipinski definition) is 3. The molecule has 0 saturated heterocycles. The minimum absolute atomic E-state index is 0.145. The second-order valence-corrected chi connectivity index (χ2v) is 4.06. The highest BCUT2D eigenvalue weighted by Gasteiger charge is 2.00. The predicted octanol–water partition coefficient (Wildman–Crippen LogP) is 2.58. The second-order valence-electron chi connectivity index (χ2n) is 4.06. The molecule has 0 aliphatic carbocycles. The average Bonchev–Trinajstić information content (AvgIpc) is 2.48. The van der Waals surface area contributed by atoms with Crippen LogP contribution in [0, 0.1) is 0 Å². The molecule has 3 N–H and O–H groups in total. The summed E-state index contributed by atoms with van der Waals surface area (Å²) in [5, 5.41) is 14.9. The summed E-state index contributed by atoms with van der Waals surface area (Å²) in [6.45, 7) is 0.546. The number of hydrogen-bond acceptors (Lipinski definition) is 5. The lowest BCUT2D eigenvalue weighted by Crippen LogP contribution is -2.10. The zero-order chi connectivity index (χ0) is 14.4. The van der Waals surface area contributed by atoms with Crippen LogP contribution in [0.1, 0.15) is 5.69 Å². The van der Waals surface area contributed by atoms with E-state index in [9.17, 15) is 4.79 Å². The molecule has 0 spiro atoms. The number of amides is 1. The SMILES string of the molecule is COC(=O)Nc1ccc(NCc2ccc(O)cn2)cc1. The fraction of sp³-hybridized carbons (Fsp3) is 0.143. The molecule has 0 fully saturated rings. The van der Waals surface area contributed by atoms with Crippen molar-refractivity contribution < 1.29 is 14.6 Å². The van der Waals surface area contributed by atoms with Crippen LogP contribution in [0.2, 0.25) is 0 Å². The van der Waals surface area contributed by atoms with Crippen LogP contribution in [0.15, 0.2) is 42.6 Å². The van der Waals surface area contributed by atoms with Crippen LogP contribution in [0.25, 0.3) is 0 Å². The second kappa shape index (κ2) is 6.42. The van der Waals surface area contributed by atoms with Crippen LogP contribution in [-0.4, -0.2) is 23.3 Å². The van der Waals surface area contributed by atoms with Crippen LogP contribution in [-0.2, 0) is 11.3 Å². The lowest BCUT2D eigenvalue weighted by molar-refractivity contribution is 0.187. The molecule has 20 heavy (non-hydrogen) atoms. The number of benzene rings is 1. The third-order valence-corrected chi connectivity index (χ3v) is 2.60. The van der Waals surface area contributed by atoms with Crippen LogP contribution in [0.3, 0.4) is 0 Å². The first-order valence-corrected chi connectivity index (χ1v) is 6.00. The van der Waals surface area contributed by atoms with Crippen LogP contribution in [0.5, 0.6) is 5.75 Å². The molecule has 6 heteroatoms. The van der Waals surface area contributed by atoms with E-state index >= 15 is 0 Å². The van der Waals surface area contributed by atoms with Crippen LogP contribution in [0.4, 0.5) is 16.2 Å². The Morgan fingerprint density at radius 1 is 1.20 bits per heavy atom. The van der Waals surface area contributed by atoms with Crippen molar-refractivity contribution in [3.63, 3.8) is 0 Å². The van der Waals surface area contributed by atoms with Crippen molar-refractivity contribution in [2.45, 2.75) is 6.54 Å². The zero-order valence-corrected chi connectivity index (χ0v) is 11.0. The predicted molar refractivity (Wildman–Crippen MR) is 75.7 cm³/mol. The Morgan fingerprint density at radius 2 is 1.90 bits per heavy atom. The number of methoxy groups -OCH3 is 1. The molecule has 1 aromatic heterocycles. The molecule has 1 aromatic carbocycles. The molecule has 1 heterocycles. The number of ether oxygens (including phenoxy) is 1. The lowest BCUT2D eigenvalue weighted by Gasteiger charge is -2.08. The van der Waals surface area contributed by atoms with Crippen molar-refractivity contribution >= 4 is 17.5 Å². The molecule has 0 atom stereocenters. The van der Waals surface area contributed by atoms with Crippen molar-refractivity contribution in [1.82, 2.24) is 4.98 Å². The third kappa shape index (κ3) is 3.88. The number of nitrogens with zero attached hydrogens (tertiary/aromatic N) is 1. The summed E-state index contributed by atoms with van der Waals surface area (Å²) >= 11 is 0. The van der Waals surface area contributed by atoms with Crippen molar-refractivity contribution in [3.05, 3.63) is 48.3 Å². The monoisotopic (exact) mass is 273 g/mol. The Kier molecular flexibility index (Phi) is 4.39. The van der Waals surface area contributed by atoms with Crippen LogP contribution < -0.4 is 10.6 Å². The molecular formula is C14H15N3O3. The van der Waals surface area contributed by atoms with E-state index in [1.807, 2.05) is 12.1 Å². The van der Waals surface area contributed by atoms with E-state index in [0.29, 0.717) is 12.2 Å². The van der Waals surface area contributed by atoms with Gasteiger partial charge in [-0.1, -0.05) is 0 Å². The van der Waals surface area contributed by atoms with E-state index in [2.05, 4.69) is 20.4 Å². The number of nitrogens with one attached hydrogen (secondary N) is 2. The fourth-order valence-corrected chi connectivity index (χ4v) is 1.55. The number of carbonyl (C=O) groups is 1. The summed E-state index contributed by atoms with van der Waals surface area (Å²) in [6, 6.07) is 10.5. The van der Waals surface area contributed by atoms with Gasteiger partial charge in [0.15, 0.2) is 0 Å². The van der Waals surface area contributed by atoms with Gasteiger partial charge in [-0.05, 0) is 36.4 Å². The number of aromatic hydroxyl groups is 1. The number of anilines is 2. The number of carbonyl (C=O) groups excluding carboxylic acids is 1. The van der Waals surface area contributed by atoms with Gasteiger partial charge in [-0.2, -0.15) is 0 Å². The molecule has 0 unspecified atom stereocenters. The minimum Gasteiger partial charge on any atom is -0.506 e. The highest BCUT2D eigenvalue weighted by molar-refractivity contribution is 5.84. The maximum Gasteiger partial charge on any atom is 0.411 e. The first-order valence-electron chi connectivity index (χ1n) is 6.00. The summed E-state index contributed by atoms with van der Waals surface area (Å²) in [5.74, 6) is 0.145. The largest absolute Gasteiger partial charge is 0.506 e. The Balaban J connectivity index is 1.90. The number of rotatable bonds is 4. The standard InChI is InChI=1S/C14H15N3O3/c1-20-14(19)17-11-4-2-10(3-5-11)15-8-12-6-7-13(18)9-16-12/h2-7,9,15,18H,8H2,1H3,(H,17,19).